The SMILES string of the molecule is CCC1OC(OC(C)=O)C(NC(=O)CCc2ccc(O)c(CN(CCN(CC(C)=O)Cc3cc(CCC(=O)NCCCCCC(=O)NCCCC[C@H](NC(=O)N[C@@H](CCC(=O)OC(C)(C)C)C(=O)OC(C)(C)C)C(C)(C)C)ccc3O)CC(=O)OC(C)(C)C)c2)[C@H](OC(C)=O)[C@@H]1OC(C)=O. The summed E-state index contributed by atoms with van der Waals surface area (Å²) < 4.78 is 39.1. The highest BCUT2D eigenvalue weighted by atomic mass is 16.7. The molecule has 0 aliphatic carbocycles. The van der Waals surface area contributed by atoms with Crippen molar-refractivity contribution in [3.05, 3.63) is 58.7 Å². The Morgan fingerprint density at radius 2 is 1.03 bits per heavy atom. The second-order valence-electron chi connectivity index (χ2n) is 29.7. The van der Waals surface area contributed by atoms with Gasteiger partial charge in [-0.15, -0.1) is 0 Å². The lowest BCUT2D eigenvalue weighted by atomic mass is 9.84. The average Bonchev–Trinajstić information content (AvgIpc) is 0.787. The summed E-state index contributed by atoms with van der Waals surface area (Å²) in [5, 5.41) is 36.6. The number of nitrogens with one attached hydrogen (secondary N) is 5. The molecule has 2 aromatic carbocycles. The molecule has 100 heavy (non-hydrogen) atoms. The predicted octanol–water partition coefficient (Wildman–Crippen LogP) is 7.75. The Kier molecular flexibility index (Phi) is 35.5. The smallest absolute Gasteiger partial charge is 0.329 e. The Balaban J connectivity index is 1.54. The Labute approximate surface area is 590 Å². The van der Waals surface area contributed by atoms with Crippen LogP contribution >= 0.6 is 0 Å². The fourth-order valence-electron chi connectivity index (χ4n) is 11.0. The maximum absolute atomic E-state index is 13.7. The fourth-order valence-corrected chi connectivity index (χ4v) is 11.0. The number of aryl methyl sites for hydroxylation is 2. The van der Waals surface area contributed by atoms with Gasteiger partial charge in [0.15, 0.2) is 12.2 Å². The molecule has 5 amide bonds. The third-order valence-electron chi connectivity index (χ3n) is 15.6. The number of hydrogen-bond acceptors (Lipinski definition) is 22. The zero-order valence-electron chi connectivity index (χ0n) is 62.2. The van der Waals surface area contributed by atoms with Crippen LogP contribution < -0.4 is 26.6 Å². The summed E-state index contributed by atoms with van der Waals surface area (Å²) in [6.45, 7) is 29.5. The molecular weight excluding hydrogens is 1290 g/mol. The fraction of sp³-hybridized carbons (Fsp3) is 0.685. The van der Waals surface area contributed by atoms with Crippen molar-refractivity contribution in [1.82, 2.24) is 36.4 Å². The van der Waals surface area contributed by atoms with Crippen LogP contribution in [0.2, 0.25) is 0 Å². The van der Waals surface area contributed by atoms with Gasteiger partial charge >= 0.3 is 41.8 Å². The number of amides is 5. The molecular formula is C73H115N7O20. The molecule has 0 spiro atoms. The number of carbonyl (C=O) groups excluding carboxylic acids is 11. The van der Waals surface area contributed by atoms with Gasteiger partial charge in [0.25, 0.3) is 0 Å². The van der Waals surface area contributed by atoms with Crippen LogP contribution in [0.5, 0.6) is 11.5 Å². The number of Topliss-reactive ketones (excluding diaryl/α,β-unsaturated/α-hetero) is 1. The van der Waals surface area contributed by atoms with Crippen molar-refractivity contribution in [3.8, 4) is 11.5 Å². The van der Waals surface area contributed by atoms with Crippen molar-refractivity contribution in [2.24, 2.45) is 5.41 Å². The molecule has 1 saturated heterocycles. The Hall–Kier alpha value is -7.91. The maximum atomic E-state index is 13.7. The van der Waals surface area contributed by atoms with Gasteiger partial charge in [0.05, 0.1) is 13.1 Å². The number of carbonyl (C=O) groups is 11. The van der Waals surface area contributed by atoms with E-state index in [2.05, 4.69) is 26.6 Å². The molecule has 1 fully saturated rings. The van der Waals surface area contributed by atoms with E-state index in [1.54, 1.807) is 104 Å². The van der Waals surface area contributed by atoms with E-state index in [1.165, 1.54) is 19.9 Å². The number of unbranched alkanes of at least 4 members (excludes halogenated alkanes) is 3. The summed E-state index contributed by atoms with van der Waals surface area (Å²) >= 11 is 0. The van der Waals surface area contributed by atoms with E-state index in [0.717, 1.165) is 19.4 Å². The number of urea groups is 1. The van der Waals surface area contributed by atoms with Gasteiger partial charge in [-0.05, 0) is 156 Å². The van der Waals surface area contributed by atoms with Crippen LogP contribution in [0.1, 0.15) is 217 Å². The van der Waals surface area contributed by atoms with E-state index in [9.17, 15) is 63.0 Å². The largest absolute Gasteiger partial charge is 0.508 e. The summed E-state index contributed by atoms with van der Waals surface area (Å²) in [7, 11) is 0. The van der Waals surface area contributed by atoms with E-state index >= 15 is 0 Å². The monoisotopic (exact) mass is 1410 g/mol. The molecule has 27 heteroatoms. The molecule has 562 valence electrons. The van der Waals surface area contributed by atoms with E-state index in [4.69, 9.17) is 33.2 Å². The molecule has 1 aliphatic rings. The van der Waals surface area contributed by atoms with E-state index in [0.29, 0.717) is 81.1 Å². The zero-order valence-corrected chi connectivity index (χ0v) is 62.2. The first-order chi connectivity index (χ1) is 46.5. The van der Waals surface area contributed by atoms with Crippen molar-refractivity contribution in [2.45, 2.75) is 280 Å². The Bertz CT molecular complexity index is 3060. The van der Waals surface area contributed by atoms with Crippen molar-refractivity contribution in [1.29, 1.82) is 0 Å². The quantitative estimate of drug-likeness (QED) is 0.0191. The highest BCUT2D eigenvalue weighted by Crippen LogP contribution is 2.31. The molecule has 0 saturated carbocycles. The molecule has 0 bridgehead atoms. The van der Waals surface area contributed by atoms with E-state index in [1.807, 2.05) is 25.7 Å². The molecule has 1 heterocycles. The number of benzene rings is 2. The van der Waals surface area contributed by atoms with Gasteiger partial charge in [-0.25, -0.2) is 9.59 Å². The third kappa shape index (κ3) is 35.4. The molecule has 3 rings (SSSR count). The van der Waals surface area contributed by atoms with Gasteiger partial charge in [-0.3, -0.25) is 53.0 Å². The van der Waals surface area contributed by atoms with Crippen LogP contribution in [0.15, 0.2) is 36.4 Å². The van der Waals surface area contributed by atoms with Crippen LogP contribution in [0, 0.1) is 5.41 Å². The Morgan fingerprint density at radius 1 is 0.540 bits per heavy atom. The second kappa shape index (κ2) is 41.1. The van der Waals surface area contributed by atoms with Gasteiger partial charge in [-0.2, -0.15) is 0 Å². The van der Waals surface area contributed by atoms with Crippen molar-refractivity contribution < 1.29 is 96.1 Å². The van der Waals surface area contributed by atoms with Crippen LogP contribution in [0.4, 0.5) is 4.79 Å². The number of phenolic OH excluding ortho intramolecular Hbond substituents is 2. The van der Waals surface area contributed by atoms with Gasteiger partial charge in [-0.1, -0.05) is 58.4 Å². The van der Waals surface area contributed by atoms with Crippen LogP contribution in [-0.4, -0.2) is 184 Å². The van der Waals surface area contributed by atoms with Crippen molar-refractivity contribution in [3.63, 3.8) is 0 Å². The lowest BCUT2D eigenvalue weighted by Gasteiger charge is -2.44. The number of rotatable bonds is 39. The van der Waals surface area contributed by atoms with Crippen molar-refractivity contribution >= 4 is 65.4 Å². The molecule has 1 aliphatic heterocycles. The lowest BCUT2D eigenvalue weighted by Crippen LogP contribution is -2.66. The van der Waals surface area contributed by atoms with Gasteiger partial charge in [0.1, 0.15) is 52.3 Å². The number of phenols is 2. The summed E-state index contributed by atoms with van der Waals surface area (Å²) in [6.07, 6.45) is 0.333. The number of aromatic hydroxyl groups is 2. The first-order valence-electron chi connectivity index (χ1n) is 34.8. The lowest BCUT2D eigenvalue weighted by molar-refractivity contribution is -0.265. The molecule has 7 atom stereocenters. The summed E-state index contributed by atoms with van der Waals surface area (Å²) in [4.78, 5) is 145. The van der Waals surface area contributed by atoms with Gasteiger partial charge < -0.3 is 70.0 Å². The minimum Gasteiger partial charge on any atom is -0.508 e. The second-order valence-corrected chi connectivity index (χ2v) is 29.7. The predicted molar refractivity (Wildman–Crippen MR) is 372 cm³/mol. The topological polar surface area (TPSA) is 359 Å². The van der Waals surface area contributed by atoms with Crippen LogP contribution in [0.25, 0.3) is 0 Å². The maximum Gasteiger partial charge on any atom is 0.329 e. The number of ketones is 1. The van der Waals surface area contributed by atoms with Crippen molar-refractivity contribution in [2.75, 3.05) is 39.3 Å². The number of esters is 6. The van der Waals surface area contributed by atoms with Crippen LogP contribution in [-0.2, 0) is 107 Å². The first-order valence-corrected chi connectivity index (χ1v) is 34.8. The highest BCUT2D eigenvalue weighted by Gasteiger charge is 2.51. The number of hydrogen-bond donors (Lipinski definition) is 7. The highest BCUT2D eigenvalue weighted by molar-refractivity contribution is 5.85. The minimum absolute atomic E-state index is 0.00415. The molecule has 0 aromatic heterocycles. The first kappa shape index (κ1) is 86.3. The molecule has 3 unspecified atom stereocenters. The minimum atomic E-state index is -1.40. The van der Waals surface area contributed by atoms with E-state index in [-0.39, 0.29) is 118 Å². The van der Waals surface area contributed by atoms with E-state index < -0.39 is 101 Å². The average molecular weight is 1410 g/mol. The van der Waals surface area contributed by atoms with Gasteiger partial charge in [0, 0.05) is 103 Å². The Morgan fingerprint density at radius 3 is 1.53 bits per heavy atom. The molecule has 0 radical (unpaired) electrons. The molecule has 2 aromatic rings. The zero-order chi connectivity index (χ0) is 75.3. The number of ether oxygens (including phenoxy) is 7. The molecule has 27 nitrogen and oxygen atoms in total. The molecule has 7 N–H and O–H groups in total. The summed E-state index contributed by atoms with van der Waals surface area (Å²) in [5.41, 5.74) is -0.351. The third-order valence-corrected chi connectivity index (χ3v) is 15.6. The number of nitrogens with zero attached hydrogens (tertiary/aromatic N) is 2. The van der Waals surface area contributed by atoms with Crippen LogP contribution in [0.3, 0.4) is 0 Å². The summed E-state index contributed by atoms with van der Waals surface area (Å²) in [5.74, 6) is -4.93. The normalized spacial score (nSPS) is 17.0. The van der Waals surface area contributed by atoms with Gasteiger partial charge in [0.2, 0.25) is 24.0 Å². The standard InChI is InChI=1S/C73H115N7O20/c1-18-57-65(94-47(3)82)66(95-48(4)83)64(68(97-57)96-49(5)84)78-61(89)34-29-51-27-32-56(86)53(41-51)44-80(45-63(91)99-72(12,13)14)39-38-79(42-46(2)81)43-52-40-50(26-31-55(52)85)28-33-60(88)75-36-22-19-20-25-59(87)74-37-23-21-24-58(70(6,7)8)77-69(93)76-54(67(92)100-73(15,16)17)30-35-62(90)98-71(9,10)11/h26-27,31-32,40-41,54,57-58,64-66,68,85-86H,18-25,28-30,33-39,42-45H2,1-17H3,(H,74,87)(H,75,88)(H,78,89)(H2,76,77,93)/t54-,57?,58-,64?,65+,66-,68?/m0/s1. The summed E-state index contributed by atoms with van der Waals surface area (Å²) in [6, 6.07) is 6.66.